The molecule has 0 saturated heterocycles. The topological polar surface area (TPSA) is 95.4 Å². The number of nitrogens with zero attached hydrogens (tertiary/aromatic N) is 4. The molecule has 1 unspecified atom stereocenters. The molecule has 0 saturated carbocycles. The first-order chi connectivity index (χ1) is 16.1. The predicted molar refractivity (Wildman–Crippen MR) is 117 cm³/mol. The highest BCUT2D eigenvalue weighted by Crippen LogP contribution is 3.02. The van der Waals surface area contributed by atoms with Gasteiger partial charge in [-0.15, -0.1) is 0 Å². The average Bonchev–Trinajstić information content (AvgIpc) is 3.03. The number of rotatable bonds is 4. The van der Waals surface area contributed by atoms with Gasteiger partial charge in [-0.3, -0.25) is 14.7 Å². The van der Waals surface area contributed by atoms with Crippen LogP contribution in [-0.4, -0.2) is 28.8 Å². The van der Waals surface area contributed by atoms with Crippen LogP contribution in [0.3, 0.4) is 0 Å². The Morgan fingerprint density at radius 1 is 1.03 bits per heavy atom. The number of likely N-dealkylation sites (N-methyl/N-ethyl adjacent to an activating group) is 1. The van der Waals surface area contributed by atoms with Crippen molar-refractivity contribution in [2.75, 3.05) is 7.05 Å². The van der Waals surface area contributed by atoms with E-state index in [2.05, 4.69) is 9.98 Å². The lowest BCUT2D eigenvalue weighted by molar-refractivity contribution is -0.129. The number of nitriles is 1. The Bertz CT molecular complexity index is 1470. The van der Waals surface area contributed by atoms with E-state index in [9.17, 15) is 28.6 Å². The van der Waals surface area contributed by atoms with Crippen LogP contribution in [0.4, 0.5) is 23.8 Å². The van der Waals surface area contributed by atoms with Crippen LogP contribution in [0, 0.1) is 17.1 Å². The highest BCUT2D eigenvalue weighted by Gasteiger charge is 2.66. The van der Waals surface area contributed by atoms with Gasteiger partial charge in [0, 0.05) is 30.6 Å². The third-order valence-corrected chi connectivity index (χ3v) is 6.64. The van der Waals surface area contributed by atoms with Gasteiger partial charge in [0.2, 0.25) is 0 Å². The highest BCUT2D eigenvalue weighted by molar-refractivity contribution is 8.45. The second-order valence-electron chi connectivity index (χ2n) is 7.81. The van der Waals surface area contributed by atoms with E-state index in [4.69, 9.17) is 11.0 Å². The molecular weight excluding hydrogens is 496 g/mol. The molecule has 3 aromatic rings. The Balaban J connectivity index is 2.02. The van der Waals surface area contributed by atoms with E-state index < -0.39 is 37.9 Å². The van der Waals surface area contributed by atoms with Gasteiger partial charge in [-0.1, -0.05) is 37.6 Å². The van der Waals surface area contributed by atoms with Gasteiger partial charge in [0.25, 0.3) is 5.91 Å². The third kappa shape index (κ3) is 4.06. The normalized spacial score (nSPS) is 20.1. The van der Waals surface area contributed by atoms with Crippen molar-refractivity contribution >= 4 is 22.1 Å². The van der Waals surface area contributed by atoms with Gasteiger partial charge in [-0.25, -0.2) is 9.38 Å². The van der Waals surface area contributed by atoms with Crippen molar-refractivity contribution in [3.8, 4) is 17.2 Å². The largest absolute Gasteiger partial charge is 0.369 e. The zero-order valence-electron chi connectivity index (χ0n) is 17.7. The SMILES string of the molecule is CN1C(=O)C(c2cccc(S(F)(F)(F)(F)F)c2)(c2ccc(F)c(-c3cncc(C#N)c3)c2)N=C1N. The number of benzene rings is 2. The summed E-state index contributed by atoms with van der Waals surface area (Å²) >= 11 is 0. The molecule has 0 aliphatic carbocycles. The molecule has 0 radical (unpaired) electrons. The molecule has 1 aromatic heterocycles. The molecule has 1 amide bonds. The summed E-state index contributed by atoms with van der Waals surface area (Å²) in [6.07, 6.45) is 2.48. The molecule has 4 rings (SSSR count). The van der Waals surface area contributed by atoms with Crippen molar-refractivity contribution in [1.29, 1.82) is 5.26 Å². The van der Waals surface area contributed by atoms with E-state index in [1.807, 2.05) is 6.07 Å². The van der Waals surface area contributed by atoms with Gasteiger partial charge in [-0.05, 0) is 41.5 Å². The number of aliphatic imine (C=N–C) groups is 1. The van der Waals surface area contributed by atoms with Crippen LogP contribution in [0.15, 0.2) is 70.8 Å². The lowest BCUT2D eigenvalue weighted by Gasteiger charge is -2.41. The second-order valence-corrected chi connectivity index (χ2v) is 10.2. The number of hydrogen-bond donors (Lipinski definition) is 1. The Morgan fingerprint density at radius 3 is 2.31 bits per heavy atom. The minimum Gasteiger partial charge on any atom is -0.369 e. The maximum Gasteiger partial charge on any atom is 0.310 e. The summed E-state index contributed by atoms with van der Waals surface area (Å²) in [5.74, 6) is -2.11. The van der Waals surface area contributed by atoms with E-state index in [0.717, 1.165) is 35.2 Å². The van der Waals surface area contributed by atoms with Gasteiger partial charge in [-0.2, -0.15) is 5.26 Å². The van der Waals surface area contributed by atoms with Crippen molar-refractivity contribution in [2.45, 2.75) is 10.4 Å². The quantitative estimate of drug-likeness (QED) is 0.472. The summed E-state index contributed by atoms with van der Waals surface area (Å²) in [6, 6.07) is 8.44. The van der Waals surface area contributed by atoms with Crippen molar-refractivity contribution < 1.29 is 28.6 Å². The third-order valence-electron chi connectivity index (χ3n) is 5.50. The van der Waals surface area contributed by atoms with E-state index in [1.54, 1.807) is 0 Å². The minimum absolute atomic E-state index is 0.101. The first-order valence-corrected chi connectivity index (χ1v) is 11.7. The van der Waals surface area contributed by atoms with Crippen LogP contribution >= 0.6 is 10.2 Å². The molecule has 1 aliphatic heterocycles. The van der Waals surface area contributed by atoms with Gasteiger partial charge in [0.15, 0.2) is 11.5 Å². The molecule has 2 N–H and O–H groups in total. The lowest BCUT2D eigenvalue weighted by atomic mass is 9.81. The molecule has 182 valence electrons. The number of nitrogens with two attached hydrogens (primary N) is 1. The van der Waals surface area contributed by atoms with Crippen LogP contribution < -0.4 is 5.73 Å². The second kappa shape index (κ2) is 6.98. The fourth-order valence-electron chi connectivity index (χ4n) is 3.77. The number of aromatic nitrogens is 1. The summed E-state index contributed by atoms with van der Waals surface area (Å²) in [5, 5.41) is 9.11. The lowest BCUT2D eigenvalue weighted by Crippen LogP contribution is -2.41. The monoisotopic (exact) mass is 511 g/mol. The average molecular weight is 511 g/mol. The van der Waals surface area contributed by atoms with Crippen LogP contribution in [0.5, 0.6) is 0 Å². The summed E-state index contributed by atoms with van der Waals surface area (Å²) in [6.45, 7) is 0. The summed E-state index contributed by atoms with van der Waals surface area (Å²) in [5.41, 5.74) is 2.90. The number of guanidine groups is 1. The molecule has 2 aromatic carbocycles. The molecule has 0 spiro atoms. The number of pyridine rings is 1. The van der Waals surface area contributed by atoms with E-state index in [-0.39, 0.29) is 40.3 Å². The fraction of sp³-hybridized carbons (Fsp3) is 0.0909. The van der Waals surface area contributed by atoms with Crippen LogP contribution in [0.25, 0.3) is 11.1 Å². The molecule has 0 bridgehead atoms. The van der Waals surface area contributed by atoms with Crippen molar-refractivity contribution in [3.05, 3.63) is 83.4 Å². The molecule has 0 fully saturated rings. The van der Waals surface area contributed by atoms with Gasteiger partial charge in [0.05, 0.1) is 5.56 Å². The Morgan fingerprint density at radius 2 is 1.71 bits per heavy atom. The van der Waals surface area contributed by atoms with Crippen molar-refractivity contribution in [3.63, 3.8) is 0 Å². The molecule has 6 nitrogen and oxygen atoms in total. The zero-order chi connectivity index (χ0) is 25.9. The van der Waals surface area contributed by atoms with E-state index >= 15 is 0 Å². The van der Waals surface area contributed by atoms with Crippen LogP contribution in [0.1, 0.15) is 16.7 Å². The molecular formula is C22H15F6N5OS. The number of hydrogen-bond acceptors (Lipinski definition) is 5. The molecule has 35 heavy (non-hydrogen) atoms. The molecule has 2 heterocycles. The van der Waals surface area contributed by atoms with Crippen molar-refractivity contribution in [2.24, 2.45) is 10.7 Å². The van der Waals surface area contributed by atoms with E-state index in [1.165, 1.54) is 25.5 Å². The first kappa shape index (κ1) is 24.1. The maximum absolute atomic E-state index is 14.8. The number of halogens is 6. The van der Waals surface area contributed by atoms with Gasteiger partial charge < -0.3 is 5.73 Å². The Labute approximate surface area is 195 Å². The minimum atomic E-state index is -10.1. The standard InChI is InChI=1S/C22H15F6N5OS/c1-33-20(34)22(32-21(33)30,15-3-2-4-17(8-15)35(24,25,26,27)28)16-5-6-19(23)18(9-16)14-7-13(10-29)11-31-12-14/h2-9,11-12H,1H3,(H2,30,32). The summed E-state index contributed by atoms with van der Waals surface area (Å²) < 4.78 is 82.6. The molecule has 13 heteroatoms. The van der Waals surface area contributed by atoms with Gasteiger partial charge >= 0.3 is 10.2 Å². The highest BCUT2D eigenvalue weighted by atomic mass is 32.5. The Kier molecular flexibility index (Phi) is 4.81. The van der Waals surface area contributed by atoms with Crippen molar-refractivity contribution in [1.82, 2.24) is 9.88 Å². The van der Waals surface area contributed by atoms with Crippen LogP contribution in [0.2, 0.25) is 0 Å². The van der Waals surface area contributed by atoms with Crippen LogP contribution in [-0.2, 0) is 10.3 Å². The first-order valence-electron chi connectivity index (χ1n) is 9.70. The zero-order valence-corrected chi connectivity index (χ0v) is 18.5. The predicted octanol–water partition coefficient (Wildman–Crippen LogP) is 5.45. The molecule has 1 atom stereocenters. The summed E-state index contributed by atoms with van der Waals surface area (Å²) in [4.78, 5) is 19.9. The Hall–Kier alpha value is -4.05. The van der Waals surface area contributed by atoms with E-state index in [0.29, 0.717) is 0 Å². The summed E-state index contributed by atoms with van der Waals surface area (Å²) in [7, 11) is -8.91. The smallest absolute Gasteiger partial charge is 0.310 e. The fourth-order valence-corrected chi connectivity index (χ4v) is 4.45. The maximum atomic E-state index is 14.8. The number of amides is 1. The molecule has 1 aliphatic rings. The van der Waals surface area contributed by atoms with Gasteiger partial charge in [0.1, 0.15) is 16.8 Å². The number of carbonyl (C=O) groups excluding carboxylic acids is 1. The number of carbonyl (C=O) groups is 1.